The molecule has 0 aliphatic rings. The van der Waals surface area contributed by atoms with Gasteiger partial charge in [0.25, 0.3) is 0 Å². The SMILES string of the molecule is CCCNC(=O)[C@H](CC)N(Cc1ccccc1C)C(=O)CCCN(c1cccc(Cl)c1)S(C)(=O)=O. The van der Waals surface area contributed by atoms with Gasteiger partial charge in [0.1, 0.15) is 6.04 Å². The molecule has 7 nitrogen and oxygen atoms in total. The molecule has 192 valence electrons. The van der Waals surface area contributed by atoms with Crippen molar-refractivity contribution in [1.29, 1.82) is 0 Å². The average Bonchev–Trinajstić information content (AvgIpc) is 2.80. The Hall–Kier alpha value is -2.58. The highest BCUT2D eigenvalue weighted by molar-refractivity contribution is 7.92. The number of anilines is 1. The van der Waals surface area contributed by atoms with Crippen LogP contribution in [0.25, 0.3) is 0 Å². The molecule has 0 aliphatic heterocycles. The van der Waals surface area contributed by atoms with Crippen LogP contribution < -0.4 is 9.62 Å². The molecule has 0 aromatic heterocycles. The lowest BCUT2D eigenvalue weighted by atomic mass is 10.1. The fraction of sp³-hybridized carbons (Fsp3) is 0.462. The van der Waals surface area contributed by atoms with Crippen molar-refractivity contribution in [3.8, 4) is 0 Å². The lowest BCUT2D eigenvalue weighted by molar-refractivity contribution is -0.141. The van der Waals surface area contributed by atoms with E-state index in [1.54, 1.807) is 29.2 Å². The topological polar surface area (TPSA) is 86.8 Å². The van der Waals surface area contributed by atoms with E-state index in [1.165, 1.54) is 4.31 Å². The summed E-state index contributed by atoms with van der Waals surface area (Å²) in [6.45, 7) is 6.83. The first-order valence-electron chi connectivity index (χ1n) is 11.9. The van der Waals surface area contributed by atoms with Crippen LogP contribution in [0.3, 0.4) is 0 Å². The van der Waals surface area contributed by atoms with E-state index < -0.39 is 16.1 Å². The molecular weight excluding hydrogens is 486 g/mol. The zero-order valence-electron chi connectivity index (χ0n) is 21.0. The van der Waals surface area contributed by atoms with Crippen molar-refractivity contribution in [3.05, 3.63) is 64.7 Å². The van der Waals surface area contributed by atoms with E-state index in [9.17, 15) is 18.0 Å². The van der Waals surface area contributed by atoms with Crippen LogP contribution in [-0.4, -0.2) is 50.5 Å². The number of nitrogens with one attached hydrogen (secondary N) is 1. The van der Waals surface area contributed by atoms with E-state index in [4.69, 9.17) is 11.6 Å². The lowest BCUT2D eigenvalue weighted by Crippen LogP contribution is -2.49. The Morgan fingerprint density at radius 2 is 1.80 bits per heavy atom. The molecule has 2 rings (SSSR count). The molecule has 0 saturated heterocycles. The molecule has 2 amide bonds. The second kappa shape index (κ2) is 13.5. The Labute approximate surface area is 214 Å². The largest absolute Gasteiger partial charge is 0.354 e. The standard InChI is InChI=1S/C26H36ClN3O4S/c1-5-16-28-26(32)24(6-2)29(19-21-12-8-7-11-20(21)3)25(31)15-10-17-30(35(4,33)34)23-14-9-13-22(27)18-23/h7-9,11-14,18,24H,5-6,10,15-17,19H2,1-4H3,(H,28,32)/t24-/m0/s1. The summed E-state index contributed by atoms with van der Waals surface area (Å²) >= 11 is 6.05. The molecular formula is C26H36ClN3O4S. The van der Waals surface area contributed by atoms with Crippen LogP contribution in [-0.2, 0) is 26.2 Å². The van der Waals surface area contributed by atoms with Gasteiger partial charge in [0.2, 0.25) is 21.8 Å². The van der Waals surface area contributed by atoms with Gasteiger partial charge in [-0.25, -0.2) is 8.42 Å². The summed E-state index contributed by atoms with van der Waals surface area (Å²) in [7, 11) is -3.57. The molecule has 0 fully saturated rings. The van der Waals surface area contributed by atoms with Gasteiger partial charge in [-0.1, -0.05) is 55.8 Å². The van der Waals surface area contributed by atoms with Crippen LogP contribution in [0.5, 0.6) is 0 Å². The molecule has 35 heavy (non-hydrogen) atoms. The van der Waals surface area contributed by atoms with E-state index in [0.29, 0.717) is 36.6 Å². The summed E-state index contributed by atoms with van der Waals surface area (Å²) in [5, 5.41) is 3.34. The number of aryl methyl sites for hydroxylation is 1. The molecule has 2 aromatic rings. The van der Waals surface area contributed by atoms with Gasteiger partial charge < -0.3 is 10.2 Å². The molecule has 9 heteroatoms. The van der Waals surface area contributed by atoms with E-state index in [1.807, 2.05) is 45.0 Å². The third-order valence-corrected chi connectivity index (χ3v) is 7.21. The average molecular weight is 522 g/mol. The van der Waals surface area contributed by atoms with Crippen molar-refractivity contribution in [3.63, 3.8) is 0 Å². The molecule has 1 atom stereocenters. The van der Waals surface area contributed by atoms with Crippen LogP contribution in [0.15, 0.2) is 48.5 Å². The quantitative estimate of drug-likeness (QED) is 0.419. The van der Waals surface area contributed by atoms with Crippen LogP contribution in [0.2, 0.25) is 5.02 Å². The van der Waals surface area contributed by atoms with Gasteiger partial charge >= 0.3 is 0 Å². The maximum atomic E-state index is 13.4. The monoisotopic (exact) mass is 521 g/mol. The van der Waals surface area contributed by atoms with Crippen molar-refractivity contribution >= 4 is 39.1 Å². The molecule has 0 radical (unpaired) electrons. The Bertz CT molecular complexity index is 1110. The fourth-order valence-corrected chi connectivity index (χ4v) is 5.03. The maximum absolute atomic E-state index is 13.4. The highest BCUT2D eigenvalue weighted by Gasteiger charge is 2.29. The molecule has 0 spiro atoms. The van der Waals surface area contributed by atoms with Gasteiger partial charge in [0.05, 0.1) is 11.9 Å². The predicted molar refractivity (Wildman–Crippen MR) is 142 cm³/mol. The summed E-state index contributed by atoms with van der Waals surface area (Å²) in [4.78, 5) is 27.9. The number of sulfonamides is 1. The molecule has 0 saturated carbocycles. The number of amides is 2. The Balaban J connectivity index is 2.21. The van der Waals surface area contributed by atoms with E-state index >= 15 is 0 Å². The van der Waals surface area contributed by atoms with Crippen molar-refractivity contribution in [2.24, 2.45) is 0 Å². The van der Waals surface area contributed by atoms with Gasteiger partial charge in [-0.05, 0) is 55.5 Å². The molecule has 0 bridgehead atoms. The second-order valence-electron chi connectivity index (χ2n) is 8.58. The molecule has 2 aromatic carbocycles. The Morgan fingerprint density at radius 1 is 1.09 bits per heavy atom. The zero-order chi connectivity index (χ0) is 26.0. The third-order valence-electron chi connectivity index (χ3n) is 5.79. The first-order valence-corrected chi connectivity index (χ1v) is 14.2. The first kappa shape index (κ1) is 28.7. The van der Waals surface area contributed by atoms with Crippen molar-refractivity contribution in [2.45, 2.75) is 59.0 Å². The number of carbonyl (C=O) groups excluding carboxylic acids is 2. The van der Waals surface area contributed by atoms with E-state index in [0.717, 1.165) is 23.8 Å². The highest BCUT2D eigenvalue weighted by Crippen LogP contribution is 2.23. The maximum Gasteiger partial charge on any atom is 0.242 e. The molecule has 0 heterocycles. The highest BCUT2D eigenvalue weighted by atomic mass is 35.5. The number of nitrogens with zero attached hydrogens (tertiary/aromatic N) is 2. The number of hydrogen-bond acceptors (Lipinski definition) is 4. The Morgan fingerprint density at radius 3 is 2.40 bits per heavy atom. The predicted octanol–water partition coefficient (Wildman–Crippen LogP) is 4.53. The van der Waals surface area contributed by atoms with Gasteiger partial charge in [-0.2, -0.15) is 0 Å². The summed E-state index contributed by atoms with van der Waals surface area (Å²) < 4.78 is 26.1. The summed E-state index contributed by atoms with van der Waals surface area (Å²) in [6, 6.07) is 13.8. The van der Waals surface area contributed by atoms with Crippen molar-refractivity contribution in [2.75, 3.05) is 23.7 Å². The number of benzene rings is 2. The number of hydrogen-bond donors (Lipinski definition) is 1. The van der Waals surface area contributed by atoms with E-state index in [-0.39, 0.29) is 24.8 Å². The van der Waals surface area contributed by atoms with E-state index in [2.05, 4.69) is 5.32 Å². The summed E-state index contributed by atoms with van der Waals surface area (Å²) in [5.74, 6) is -0.362. The second-order valence-corrected chi connectivity index (χ2v) is 10.9. The number of carbonyl (C=O) groups is 2. The molecule has 0 unspecified atom stereocenters. The molecule has 0 aliphatic carbocycles. The summed E-state index contributed by atoms with van der Waals surface area (Å²) in [5.41, 5.74) is 2.47. The van der Waals surface area contributed by atoms with Gasteiger partial charge in [0, 0.05) is 31.1 Å². The smallest absolute Gasteiger partial charge is 0.242 e. The molecule has 1 N–H and O–H groups in total. The lowest BCUT2D eigenvalue weighted by Gasteiger charge is -2.31. The fourth-order valence-electron chi connectivity index (χ4n) is 3.89. The van der Waals surface area contributed by atoms with Crippen LogP contribution >= 0.6 is 11.6 Å². The van der Waals surface area contributed by atoms with Gasteiger partial charge in [-0.3, -0.25) is 13.9 Å². The minimum Gasteiger partial charge on any atom is -0.354 e. The van der Waals surface area contributed by atoms with Gasteiger partial charge in [0.15, 0.2) is 0 Å². The number of halogens is 1. The minimum atomic E-state index is -3.57. The van der Waals surface area contributed by atoms with Gasteiger partial charge in [-0.15, -0.1) is 0 Å². The van der Waals surface area contributed by atoms with Crippen LogP contribution in [0.1, 0.15) is 50.7 Å². The normalized spacial score (nSPS) is 12.1. The number of rotatable bonds is 13. The van der Waals surface area contributed by atoms with Crippen molar-refractivity contribution in [1.82, 2.24) is 10.2 Å². The third kappa shape index (κ3) is 8.54. The van der Waals surface area contributed by atoms with Crippen LogP contribution in [0, 0.1) is 6.92 Å². The zero-order valence-corrected chi connectivity index (χ0v) is 22.5. The van der Waals surface area contributed by atoms with Crippen molar-refractivity contribution < 1.29 is 18.0 Å². The first-order chi connectivity index (χ1) is 16.6. The minimum absolute atomic E-state index is 0.107. The summed E-state index contributed by atoms with van der Waals surface area (Å²) in [6.07, 6.45) is 2.82. The van der Waals surface area contributed by atoms with Crippen LogP contribution in [0.4, 0.5) is 5.69 Å². The Kier molecular flexibility index (Phi) is 11.0.